The van der Waals surface area contributed by atoms with Crippen molar-refractivity contribution >= 4 is 79.5 Å². The molecule has 0 radical (unpaired) electrons. The zero-order chi connectivity index (χ0) is 24.6. The van der Waals surface area contributed by atoms with Crippen molar-refractivity contribution in [2.75, 3.05) is 22.6 Å². The van der Waals surface area contributed by atoms with Crippen molar-refractivity contribution in [2.45, 2.75) is 10.6 Å². The van der Waals surface area contributed by atoms with Crippen molar-refractivity contribution in [3.8, 4) is 0 Å². The van der Waals surface area contributed by atoms with Crippen LogP contribution in [-0.4, -0.2) is 33.3 Å². The highest BCUT2D eigenvalue weighted by Gasteiger charge is 2.33. The maximum absolute atomic E-state index is 13.0. The van der Waals surface area contributed by atoms with Gasteiger partial charge in [0.2, 0.25) is 5.91 Å². The van der Waals surface area contributed by atoms with Gasteiger partial charge >= 0.3 is 6.03 Å². The van der Waals surface area contributed by atoms with E-state index < -0.39 is 27.9 Å². The van der Waals surface area contributed by atoms with Crippen LogP contribution in [0.4, 0.5) is 21.9 Å². The fourth-order valence-corrected chi connectivity index (χ4v) is 6.01. The molecule has 4 amide bonds. The van der Waals surface area contributed by atoms with Gasteiger partial charge in [-0.05, 0) is 54.1 Å². The molecule has 1 aliphatic rings. The van der Waals surface area contributed by atoms with Gasteiger partial charge in [0, 0.05) is 18.3 Å². The summed E-state index contributed by atoms with van der Waals surface area (Å²) in [6, 6.07) is 10.7. The summed E-state index contributed by atoms with van der Waals surface area (Å²) in [4.78, 5) is 38.9. The molecule has 0 saturated heterocycles. The van der Waals surface area contributed by atoms with Crippen LogP contribution in [0.2, 0.25) is 9.36 Å². The average Bonchev–Trinajstić information content (AvgIpc) is 3.22. The average molecular weight is 539 g/mol. The molecular weight excluding hydrogens is 523 g/mol. The number of benzene rings is 2. The normalized spacial score (nSPS) is 13.4. The molecule has 34 heavy (non-hydrogen) atoms. The third kappa shape index (κ3) is 4.73. The zero-order valence-electron chi connectivity index (χ0n) is 17.4. The molecule has 13 heteroatoms. The van der Waals surface area contributed by atoms with Crippen LogP contribution in [0, 0.1) is 0 Å². The van der Waals surface area contributed by atoms with Crippen LogP contribution in [0.15, 0.2) is 52.7 Å². The van der Waals surface area contributed by atoms with Crippen molar-refractivity contribution in [2.24, 2.45) is 0 Å². The fourth-order valence-electron chi connectivity index (χ4n) is 3.36. The van der Waals surface area contributed by atoms with Gasteiger partial charge in [-0.1, -0.05) is 23.2 Å². The van der Waals surface area contributed by atoms with Gasteiger partial charge in [-0.25, -0.2) is 22.8 Å². The summed E-state index contributed by atoms with van der Waals surface area (Å²) in [5.41, 5.74) is 2.06. The maximum Gasteiger partial charge on any atom is 0.333 e. The SMILES string of the molecule is CNc1cc2c(cc1Cl)C(=O)N(c1ccc(NC(=O)NS(=O)(=O)c3ccc(Cl)s3)cc1)C(=O)C2. The van der Waals surface area contributed by atoms with Gasteiger partial charge in [0.15, 0.2) is 0 Å². The van der Waals surface area contributed by atoms with Gasteiger partial charge in [0.1, 0.15) is 4.21 Å². The predicted molar refractivity (Wildman–Crippen MR) is 132 cm³/mol. The number of hydrogen-bond acceptors (Lipinski definition) is 7. The molecule has 0 aliphatic carbocycles. The van der Waals surface area contributed by atoms with E-state index in [9.17, 15) is 22.8 Å². The van der Waals surface area contributed by atoms with Gasteiger partial charge < -0.3 is 10.6 Å². The topological polar surface area (TPSA) is 125 Å². The minimum Gasteiger partial charge on any atom is -0.387 e. The number of nitrogens with one attached hydrogen (secondary N) is 3. The first-order valence-electron chi connectivity index (χ1n) is 9.65. The van der Waals surface area contributed by atoms with Crippen LogP contribution in [0.25, 0.3) is 0 Å². The lowest BCUT2D eigenvalue weighted by Gasteiger charge is -2.27. The monoisotopic (exact) mass is 538 g/mol. The van der Waals surface area contributed by atoms with Crippen LogP contribution in [0.1, 0.15) is 15.9 Å². The van der Waals surface area contributed by atoms with Crippen LogP contribution in [-0.2, 0) is 21.2 Å². The molecule has 3 N–H and O–H groups in total. The number of imide groups is 1. The number of nitrogens with zero attached hydrogens (tertiary/aromatic N) is 1. The first-order chi connectivity index (χ1) is 16.1. The van der Waals surface area contributed by atoms with E-state index in [1.807, 2.05) is 4.72 Å². The second kappa shape index (κ2) is 9.26. The van der Waals surface area contributed by atoms with Crippen molar-refractivity contribution in [1.82, 2.24) is 4.72 Å². The van der Waals surface area contributed by atoms with Crippen molar-refractivity contribution in [3.63, 3.8) is 0 Å². The molecule has 0 fully saturated rings. The summed E-state index contributed by atoms with van der Waals surface area (Å²) in [7, 11) is -2.39. The Hall–Kier alpha value is -3.12. The number of carbonyl (C=O) groups excluding carboxylic acids is 3. The summed E-state index contributed by atoms with van der Waals surface area (Å²) < 4.78 is 26.5. The number of halogens is 2. The number of sulfonamides is 1. The Balaban J connectivity index is 1.49. The standard InChI is InChI=1S/C21H16Cl2N4O5S2/c1-24-16-8-11-9-18(28)27(20(29)14(11)10-15(16)22)13-4-2-12(3-5-13)25-21(30)26-34(31,32)19-7-6-17(23)33-19/h2-8,10,24H,9H2,1H3,(H2,25,26,30). The van der Waals surface area contributed by atoms with E-state index >= 15 is 0 Å². The number of rotatable bonds is 5. The summed E-state index contributed by atoms with van der Waals surface area (Å²) in [6.07, 6.45) is 0.0138. The molecule has 176 valence electrons. The quantitative estimate of drug-likeness (QED) is 0.415. The Morgan fingerprint density at radius 3 is 2.38 bits per heavy atom. The van der Waals surface area contributed by atoms with Gasteiger partial charge in [0.05, 0.1) is 27.2 Å². The highest BCUT2D eigenvalue weighted by atomic mass is 35.5. The van der Waals surface area contributed by atoms with E-state index in [0.29, 0.717) is 27.5 Å². The summed E-state index contributed by atoms with van der Waals surface area (Å²) in [5.74, 6) is -0.934. The lowest BCUT2D eigenvalue weighted by molar-refractivity contribution is -0.117. The number of amides is 4. The maximum atomic E-state index is 13.0. The molecule has 9 nitrogen and oxygen atoms in total. The first kappa shape index (κ1) is 24.0. The molecule has 4 rings (SSSR count). The third-order valence-electron chi connectivity index (χ3n) is 4.91. The number of hydrogen-bond donors (Lipinski definition) is 3. The molecule has 2 heterocycles. The third-order valence-corrected chi connectivity index (χ3v) is 8.28. The Morgan fingerprint density at radius 2 is 1.76 bits per heavy atom. The number of fused-ring (bicyclic) bond motifs is 1. The first-order valence-corrected chi connectivity index (χ1v) is 12.7. The van der Waals surface area contributed by atoms with Gasteiger partial charge in [-0.15, -0.1) is 11.3 Å². The minimum absolute atomic E-state index is 0.0138. The second-order valence-electron chi connectivity index (χ2n) is 7.12. The van der Waals surface area contributed by atoms with Crippen LogP contribution in [0.5, 0.6) is 0 Å². The van der Waals surface area contributed by atoms with E-state index in [0.717, 1.165) is 16.2 Å². The van der Waals surface area contributed by atoms with E-state index in [1.165, 1.54) is 42.5 Å². The number of anilines is 3. The number of thiophene rings is 1. The molecule has 0 atom stereocenters. The Morgan fingerprint density at radius 1 is 1.06 bits per heavy atom. The molecule has 0 unspecified atom stereocenters. The molecule has 1 aromatic heterocycles. The lowest BCUT2D eigenvalue weighted by atomic mass is 9.97. The summed E-state index contributed by atoms with van der Waals surface area (Å²) in [6.45, 7) is 0. The molecular formula is C21H16Cl2N4O5S2. The Labute approximate surface area is 208 Å². The zero-order valence-corrected chi connectivity index (χ0v) is 20.5. The van der Waals surface area contributed by atoms with E-state index in [-0.39, 0.29) is 20.7 Å². The Bertz CT molecular complexity index is 1420. The fraction of sp³-hybridized carbons (Fsp3) is 0.0952. The predicted octanol–water partition coefficient (Wildman–Crippen LogP) is 4.34. The van der Waals surface area contributed by atoms with Gasteiger partial charge in [0.25, 0.3) is 15.9 Å². The second-order valence-corrected chi connectivity index (χ2v) is 11.1. The van der Waals surface area contributed by atoms with Gasteiger partial charge in [-0.3, -0.25) is 9.59 Å². The highest BCUT2D eigenvalue weighted by molar-refractivity contribution is 7.92. The molecule has 3 aromatic rings. The molecule has 0 spiro atoms. The smallest absolute Gasteiger partial charge is 0.333 e. The highest BCUT2D eigenvalue weighted by Crippen LogP contribution is 2.32. The Kier molecular flexibility index (Phi) is 6.54. The van der Waals surface area contributed by atoms with Crippen molar-refractivity contribution in [1.29, 1.82) is 0 Å². The van der Waals surface area contributed by atoms with Crippen molar-refractivity contribution in [3.05, 3.63) is 69.0 Å². The number of carbonyl (C=O) groups is 3. The summed E-state index contributed by atoms with van der Waals surface area (Å²) in [5, 5.41) is 5.66. The van der Waals surface area contributed by atoms with Crippen molar-refractivity contribution < 1.29 is 22.8 Å². The molecule has 1 aliphatic heterocycles. The van der Waals surface area contributed by atoms with Crippen LogP contribution >= 0.6 is 34.5 Å². The summed E-state index contributed by atoms with van der Waals surface area (Å²) >= 11 is 12.8. The lowest BCUT2D eigenvalue weighted by Crippen LogP contribution is -2.42. The molecule has 0 saturated carbocycles. The molecule has 0 bridgehead atoms. The molecule has 2 aromatic carbocycles. The van der Waals surface area contributed by atoms with Crippen LogP contribution < -0.4 is 20.3 Å². The van der Waals surface area contributed by atoms with Gasteiger partial charge in [-0.2, -0.15) is 0 Å². The van der Waals surface area contributed by atoms with E-state index in [1.54, 1.807) is 13.1 Å². The van der Waals surface area contributed by atoms with Crippen LogP contribution in [0.3, 0.4) is 0 Å². The van der Waals surface area contributed by atoms with E-state index in [2.05, 4.69) is 10.6 Å². The minimum atomic E-state index is -4.08. The van der Waals surface area contributed by atoms with E-state index in [4.69, 9.17) is 23.2 Å². The number of urea groups is 1. The largest absolute Gasteiger partial charge is 0.387 e.